The molecule has 8 aromatic rings. The molecule has 2 nitrogen and oxygen atoms in total. The third-order valence-electron chi connectivity index (χ3n) is 8.83. The van der Waals surface area contributed by atoms with Crippen LogP contribution in [0, 0.1) is 0 Å². The summed E-state index contributed by atoms with van der Waals surface area (Å²) in [7, 11) is 0. The maximum atomic E-state index is 15.1. The van der Waals surface area contributed by atoms with Crippen LogP contribution >= 0.6 is 0 Å². The summed E-state index contributed by atoms with van der Waals surface area (Å²) in [4.78, 5) is 30.1. The van der Waals surface area contributed by atoms with Gasteiger partial charge in [-0.25, -0.2) is 0 Å². The highest BCUT2D eigenvalue weighted by molar-refractivity contribution is 6.38. The molecule has 46 heavy (non-hydrogen) atoms. The molecule has 216 valence electrons. The van der Waals surface area contributed by atoms with Crippen molar-refractivity contribution < 1.29 is 9.59 Å². The number of fused-ring (bicyclic) bond motifs is 6. The van der Waals surface area contributed by atoms with Gasteiger partial charge in [0, 0.05) is 33.4 Å². The Kier molecular flexibility index (Phi) is 6.81. The Morgan fingerprint density at radius 1 is 0.304 bits per heavy atom. The first-order valence-corrected chi connectivity index (χ1v) is 15.5. The summed E-state index contributed by atoms with van der Waals surface area (Å²) in [5, 5.41) is 6.19. The molecule has 0 heterocycles. The molecular weight excluding hydrogens is 560 g/mol. The molecule has 0 radical (unpaired) electrons. The van der Waals surface area contributed by atoms with E-state index >= 15 is 9.59 Å². The molecule has 0 unspecified atom stereocenters. The highest BCUT2D eigenvalue weighted by Gasteiger charge is 2.32. The van der Waals surface area contributed by atoms with Crippen molar-refractivity contribution in [3.05, 3.63) is 192 Å². The van der Waals surface area contributed by atoms with E-state index in [0.29, 0.717) is 22.3 Å². The largest absolute Gasteiger partial charge is 0.289 e. The van der Waals surface area contributed by atoms with Crippen molar-refractivity contribution in [2.24, 2.45) is 0 Å². The van der Waals surface area contributed by atoms with Gasteiger partial charge < -0.3 is 0 Å². The molecule has 0 atom stereocenters. The zero-order chi connectivity index (χ0) is 31.0. The maximum absolute atomic E-state index is 15.1. The SMILES string of the molecule is O=C(c1ccccc1)c1c(C(=O)c2ccccc2)c(-c2ccccc2)c2c3ccccc3c3ccccc3c2c1-c1ccccc1. The second-order valence-corrected chi connectivity index (χ2v) is 11.5. The fourth-order valence-corrected chi connectivity index (χ4v) is 6.87. The van der Waals surface area contributed by atoms with E-state index in [4.69, 9.17) is 0 Å². The zero-order valence-corrected chi connectivity index (χ0v) is 25.0. The van der Waals surface area contributed by atoms with Crippen molar-refractivity contribution in [2.45, 2.75) is 0 Å². The average molecular weight is 589 g/mol. The van der Waals surface area contributed by atoms with E-state index in [1.165, 1.54) is 0 Å². The quantitative estimate of drug-likeness (QED) is 0.143. The van der Waals surface area contributed by atoms with E-state index in [-0.39, 0.29) is 11.6 Å². The number of rotatable bonds is 6. The highest BCUT2D eigenvalue weighted by atomic mass is 16.1. The Morgan fingerprint density at radius 2 is 0.587 bits per heavy atom. The number of hydrogen-bond acceptors (Lipinski definition) is 2. The van der Waals surface area contributed by atoms with E-state index in [1.807, 2.05) is 121 Å². The molecule has 0 aromatic heterocycles. The second kappa shape index (κ2) is 11.4. The van der Waals surface area contributed by atoms with Crippen LogP contribution in [-0.2, 0) is 0 Å². The van der Waals surface area contributed by atoms with Gasteiger partial charge in [-0.2, -0.15) is 0 Å². The van der Waals surface area contributed by atoms with Crippen LogP contribution in [0.25, 0.3) is 54.6 Å². The summed E-state index contributed by atoms with van der Waals surface area (Å²) in [5.41, 5.74) is 5.20. The normalized spacial score (nSPS) is 11.2. The summed E-state index contributed by atoms with van der Waals surface area (Å²) < 4.78 is 0. The van der Waals surface area contributed by atoms with Crippen LogP contribution in [0.4, 0.5) is 0 Å². The fraction of sp³-hybridized carbons (Fsp3) is 0. The Bertz CT molecular complexity index is 2240. The van der Waals surface area contributed by atoms with Crippen molar-refractivity contribution in [2.75, 3.05) is 0 Å². The minimum Gasteiger partial charge on any atom is -0.289 e. The third-order valence-corrected chi connectivity index (χ3v) is 8.83. The number of hydrogen-bond donors (Lipinski definition) is 0. The lowest BCUT2D eigenvalue weighted by molar-refractivity contribution is 0.100. The predicted molar refractivity (Wildman–Crippen MR) is 190 cm³/mol. The van der Waals surface area contributed by atoms with E-state index < -0.39 is 0 Å². The summed E-state index contributed by atoms with van der Waals surface area (Å²) in [5.74, 6) is -0.370. The van der Waals surface area contributed by atoms with Crippen LogP contribution in [0.1, 0.15) is 31.8 Å². The van der Waals surface area contributed by atoms with E-state index in [9.17, 15) is 0 Å². The van der Waals surface area contributed by atoms with E-state index in [2.05, 4.69) is 48.5 Å². The van der Waals surface area contributed by atoms with Crippen LogP contribution in [-0.4, -0.2) is 11.6 Å². The standard InChI is InChI=1S/C44H28O2/c45-43(31-21-9-3-10-22-31)41-37(29-17-5-1-6-18-29)39-35-27-15-13-25-33(35)34-26-14-16-28-36(34)40(39)38(30-19-7-2-8-20-30)42(41)44(46)32-23-11-4-12-24-32/h1-28H. The first kappa shape index (κ1) is 27.4. The molecule has 0 aliphatic carbocycles. The topological polar surface area (TPSA) is 34.1 Å². The van der Waals surface area contributed by atoms with Gasteiger partial charge in [0.2, 0.25) is 0 Å². The number of carbonyl (C=O) groups excluding carboxylic acids is 2. The molecule has 0 bridgehead atoms. The van der Waals surface area contributed by atoms with Gasteiger partial charge in [0.25, 0.3) is 0 Å². The lowest BCUT2D eigenvalue weighted by atomic mass is 9.76. The van der Waals surface area contributed by atoms with Crippen LogP contribution in [0.2, 0.25) is 0 Å². The second-order valence-electron chi connectivity index (χ2n) is 11.5. The van der Waals surface area contributed by atoms with E-state index in [1.54, 1.807) is 0 Å². The molecule has 0 fully saturated rings. The lowest BCUT2D eigenvalue weighted by Gasteiger charge is -2.25. The summed E-state index contributed by atoms with van der Waals surface area (Å²) >= 11 is 0. The van der Waals surface area contributed by atoms with Gasteiger partial charge in [-0.05, 0) is 43.4 Å². The van der Waals surface area contributed by atoms with Crippen LogP contribution in [0.5, 0.6) is 0 Å². The lowest BCUT2D eigenvalue weighted by Crippen LogP contribution is -2.16. The van der Waals surface area contributed by atoms with Gasteiger partial charge in [0.1, 0.15) is 0 Å². The molecule has 0 aliphatic heterocycles. The van der Waals surface area contributed by atoms with Gasteiger partial charge in [0.15, 0.2) is 11.6 Å². The molecule has 0 saturated heterocycles. The fourth-order valence-electron chi connectivity index (χ4n) is 6.87. The van der Waals surface area contributed by atoms with Crippen molar-refractivity contribution in [1.29, 1.82) is 0 Å². The van der Waals surface area contributed by atoms with Crippen molar-refractivity contribution in [1.82, 2.24) is 0 Å². The molecule has 0 amide bonds. The van der Waals surface area contributed by atoms with Crippen LogP contribution < -0.4 is 0 Å². The van der Waals surface area contributed by atoms with Gasteiger partial charge in [-0.15, -0.1) is 0 Å². The first-order chi connectivity index (χ1) is 22.7. The molecule has 0 N–H and O–H groups in total. The molecule has 0 spiro atoms. The molecule has 2 heteroatoms. The van der Waals surface area contributed by atoms with Gasteiger partial charge in [-0.1, -0.05) is 170 Å². The summed E-state index contributed by atoms with van der Waals surface area (Å²) in [6, 6.07) is 55.5. The molecular formula is C44H28O2. The Balaban J connectivity index is 1.72. The maximum Gasteiger partial charge on any atom is 0.194 e. The summed E-state index contributed by atoms with van der Waals surface area (Å²) in [6.45, 7) is 0. The van der Waals surface area contributed by atoms with E-state index in [0.717, 1.165) is 54.6 Å². The molecule has 8 aromatic carbocycles. The Morgan fingerprint density at radius 3 is 0.935 bits per heavy atom. The molecule has 0 aliphatic rings. The Hall–Kier alpha value is -6.12. The van der Waals surface area contributed by atoms with Gasteiger partial charge in [0.05, 0.1) is 0 Å². The minimum absolute atomic E-state index is 0.185. The van der Waals surface area contributed by atoms with Crippen molar-refractivity contribution >= 4 is 43.9 Å². The number of carbonyl (C=O) groups is 2. The monoisotopic (exact) mass is 588 g/mol. The van der Waals surface area contributed by atoms with Crippen LogP contribution in [0.3, 0.4) is 0 Å². The third kappa shape index (κ3) is 4.43. The predicted octanol–water partition coefficient (Wildman–Crippen LogP) is 10.9. The minimum atomic E-state index is -0.185. The van der Waals surface area contributed by atoms with Gasteiger partial charge in [-0.3, -0.25) is 9.59 Å². The average Bonchev–Trinajstić information content (AvgIpc) is 3.14. The van der Waals surface area contributed by atoms with Crippen molar-refractivity contribution in [3.8, 4) is 22.3 Å². The van der Waals surface area contributed by atoms with Crippen LogP contribution in [0.15, 0.2) is 170 Å². The number of ketones is 2. The highest BCUT2D eigenvalue weighted by Crippen LogP contribution is 2.49. The summed E-state index contributed by atoms with van der Waals surface area (Å²) in [6.07, 6.45) is 0. The zero-order valence-electron chi connectivity index (χ0n) is 25.0. The number of benzene rings is 8. The Labute approximate surface area is 267 Å². The molecule has 0 saturated carbocycles. The molecule has 8 rings (SSSR count). The van der Waals surface area contributed by atoms with Gasteiger partial charge >= 0.3 is 0 Å². The van der Waals surface area contributed by atoms with Crippen molar-refractivity contribution in [3.63, 3.8) is 0 Å². The smallest absolute Gasteiger partial charge is 0.194 e. The first-order valence-electron chi connectivity index (χ1n) is 15.5.